The number of hydrogen-bond acceptors (Lipinski definition) is 15. The molecule has 3 heterocycles. The number of carbonyl (C=O) groups excluding carboxylic acids is 4. The molecule has 2 aromatic carbocycles. The molecule has 1 saturated heterocycles. The molecule has 416 valence electrons. The van der Waals surface area contributed by atoms with Gasteiger partial charge in [-0.3, -0.25) is 19.3 Å². The monoisotopic (exact) mass is 1100 g/mol. The van der Waals surface area contributed by atoms with Crippen LogP contribution >= 0.6 is 22.7 Å². The van der Waals surface area contributed by atoms with Gasteiger partial charge in [-0.05, 0) is 137 Å². The first-order valence-corrected chi connectivity index (χ1v) is 27.5. The third-order valence-corrected chi connectivity index (χ3v) is 15.9. The van der Waals surface area contributed by atoms with Crippen LogP contribution in [0.3, 0.4) is 0 Å². The van der Waals surface area contributed by atoms with Crippen molar-refractivity contribution in [2.75, 3.05) is 84.9 Å². The van der Waals surface area contributed by atoms with Crippen molar-refractivity contribution >= 4 is 64.1 Å². The van der Waals surface area contributed by atoms with Crippen molar-refractivity contribution < 1.29 is 71.0 Å². The van der Waals surface area contributed by atoms with E-state index in [9.17, 15) is 37.9 Å². The SMILES string of the molecule is COCC(COC)N(C(=O)C1CCC(C)CC1)c1ccc(Oc2ccc(C=O)s2)cc1C(=O)OC.COCC(COC)N(C(=O)C1CCC(C)CC1)c1ccc(Oc2ccc(CN3CCCC(F)(F)C3)s2)cc1C(=O)O. The minimum Gasteiger partial charge on any atom is -0.478 e. The Bertz CT molecular complexity index is 2530. The number of aldehydes is 1. The largest absolute Gasteiger partial charge is 0.478 e. The van der Waals surface area contributed by atoms with Gasteiger partial charge in [0.05, 0.1) is 79.5 Å². The number of thiophene rings is 2. The lowest BCUT2D eigenvalue weighted by Gasteiger charge is -2.36. The predicted octanol–water partition coefficient (Wildman–Crippen LogP) is 11.3. The number of carbonyl (C=O) groups is 5. The third kappa shape index (κ3) is 16.3. The van der Waals surface area contributed by atoms with Gasteiger partial charge in [-0.15, -0.1) is 11.3 Å². The number of aromatic carboxylic acids is 1. The van der Waals surface area contributed by atoms with E-state index in [1.807, 2.05) is 6.07 Å². The van der Waals surface area contributed by atoms with Crippen LogP contribution < -0.4 is 19.3 Å². The van der Waals surface area contributed by atoms with Gasteiger partial charge in [0.25, 0.3) is 5.92 Å². The first kappa shape index (κ1) is 59.9. The number of rotatable bonds is 23. The molecule has 2 saturated carbocycles. The van der Waals surface area contributed by atoms with Crippen molar-refractivity contribution in [1.29, 1.82) is 0 Å². The zero-order valence-corrected chi connectivity index (χ0v) is 46.2. The third-order valence-electron chi connectivity index (χ3n) is 14.1. The van der Waals surface area contributed by atoms with Crippen LogP contribution in [0, 0.1) is 23.7 Å². The Kier molecular flexibility index (Phi) is 22.7. The Morgan fingerprint density at radius 3 is 1.61 bits per heavy atom. The maximum atomic E-state index is 13.9. The van der Waals surface area contributed by atoms with E-state index in [0.29, 0.717) is 63.5 Å². The minimum absolute atomic E-state index is 0.0521. The summed E-state index contributed by atoms with van der Waals surface area (Å²) in [6.07, 6.45) is 8.12. The molecule has 0 bridgehead atoms. The van der Waals surface area contributed by atoms with Crippen LogP contribution in [0.15, 0.2) is 60.7 Å². The Balaban J connectivity index is 0.000000250. The van der Waals surface area contributed by atoms with E-state index in [1.165, 1.54) is 50.1 Å². The van der Waals surface area contributed by atoms with E-state index >= 15 is 0 Å². The number of nitrogens with zero attached hydrogens (tertiary/aromatic N) is 3. The fourth-order valence-electron chi connectivity index (χ4n) is 10.2. The van der Waals surface area contributed by atoms with E-state index < -0.39 is 29.9 Å². The smallest absolute Gasteiger partial charge is 0.340 e. The fraction of sp³-hybridized carbons (Fsp3) is 0.554. The summed E-state index contributed by atoms with van der Waals surface area (Å²) in [5.74, 6) is -3.12. The summed E-state index contributed by atoms with van der Waals surface area (Å²) >= 11 is 2.53. The molecule has 16 nitrogen and oxygen atoms in total. The summed E-state index contributed by atoms with van der Waals surface area (Å²) in [5.41, 5.74) is 0.827. The minimum atomic E-state index is -2.67. The summed E-state index contributed by atoms with van der Waals surface area (Å²) in [4.78, 5) is 70.4. The Morgan fingerprint density at radius 1 is 0.684 bits per heavy atom. The maximum absolute atomic E-state index is 13.9. The van der Waals surface area contributed by atoms with Gasteiger partial charge in [-0.1, -0.05) is 25.2 Å². The first-order valence-electron chi connectivity index (χ1n) is 25.8. The highest BCUT2D eigenvalue weighted by Gasteiger charge is 2.38. The van der Waals surface area contributed by atoms with E-state index in [1.54, 1.807) is 77.5 Å². The zero-order valence-electron chi connectivity index (χ0n) is 44.6. The number of likely N-dealkylation sites (tertiary alicyclic amines) is 1. The molecule has 3 fully saturated rings. The lowest BCUT2D eigenvalue weighted by atomic mass is 9.82. The van der Waals surface area contributed by atoms with Gasteiger partial charge in [0, 0.05) is 58.1 Å². The summed E-state index contributed by atoms with van der Waals surface area (Å²) in [7, 11) is 7.51. The van der Waals surface area contributed by atoms with Crippen LogP contribution in [0.4, 0.5) is 20.2 Å². The molecule has 1 aliphatic heterocycles. The molecule has 1 N–H and O–H groups in total. The van der Waals surface area contributed by atoms with Gasteiger partial charge >= 0.3 is 11.9 Å². The fourth-order valence-corrected chi connectivity index (χ4v) is 11.8. The summed E-state index contributed by atoms with van der Waals surface area (Å²) in [6, 6.07) is 15.6. The average Bonchev–Trinajstić information content (AvgIpc) is 4.06. The maximum Gasteiger partial charge on any atom is 0.340 e. The van der Waals surface area contributed by atoms with Gasteiger partial charge in [0.1, 0.15) is 11.5 Å². The lowest BCUT2D eigenvalue weighted by Crippen LogP contribution is -2.49. The standard InChI is InChI=1S/C30H40F2N2O6S.C26H33NO7S/c1-20-5-7-21(8-6-20)28(35)34(22(17-38-2)18-39-3)26-11-9-23(15-25(26)29(36)37)40-27-12-10-24(41-27)16-33-14-4-13-30(31,32)19-33;1-17-5-7-18(8-6-17)25(29)27(19(15-31-2)16-32-3)23-11-9-20(13-22(23)26(30)33-4)34-24-12-10-21(14-28)35-24/h9-12,15,20-22H,4-8,13-14,16-19H2,1-3H3,(H,36,37);9-14,17-19H,5-8,15-16H2,1-4H3. The Hall–Kier alpha value is -5.35. The van der Waals surface area contributed by atoms with Gasteiger partial charge in [0.2, 0.25) is 11.8 Å². The molecule has 2 aliphatic carbocycles. The van der Waals surface area contributed by atoms with Crippen LogP contribution in [0.25, 0.3) is 0 Å². The van der Waals surface area contributed by atoms with Crippen molar-refractivity contribution in [3.8, 4) is 21.6 Å². The number of alkyl halides is 2. The quantitative estimate of drug-likeness (QED) is 0.0547. The molecule has 0 atom stereocenters. The van der Waals surface area contributed by atoms with Gasteiger partial charge in [0.15, 0.2) is 16.4 Å². The molecule has 4 aromatic rings. The predicted molar refractivity (Wildman–Crippen MR) is 287 cm³/mol. The van der Waals surface area contributed by atoms with Crippen LogP contribution in [0.2, 0.25) is 0 Å². The molecular weight excluding hydrogens is 1020 g/mol. The second-order valence-electron chi connectivity index (χ2n) is 20.0. The summed E-state index contributed by atoms with van der Waals surface area (Å²) in [6.45, 7) is 6.00. The van der Waals surface area contributed by atoms with Crippen molar-refractivity contribution in [2.45, 2.75) is 103 Å². The zero-order chi connectivity index (χ0) is 54.9. The second kappa shape index (κ2) is 28.9. The average molecular weight is 1100 g/mol. The van der Waals surface area contributed by atoms with Crippen molar-refractivity contribution in [2.24, 2.45) is 23.7 Å². The van der Waals surface area contributed by atoms with E-state index in [2.05, 4.69) is 13.8 Å². The molecule has 2 amide bonds. The molecule has 20 heteroatoms. The van der Waals surface area contributed by atoms with Crippen LogP contribution in [-0.2, 0) is 39.8 Å². The number of anilines is 2. The normalized spacial score (nSPS) is 19.6. The van der Waals surface area contributed by atoms with Crippen LogP contribution in [-0.4, -0.2) is 133 Å². The number of piperidine rings is 1. The molecule has 0 spiro atoms. The number of benzene rings is 2. The van der Waals surface area contributed by atoms with E-state index in [0.717, 1.165) is 62.5 Å². The molecule has 2 aromatic heterocycles. The molecular formula is C56H73F2N3O13S2. The van der Waals surface area contributed by atoms with E-state index in [-0.39, 0.29) is 79.9 Å². The van der Waals surface area contributed by atoms with Crippen LogP contribution in [0.1, 0.15) is 113 Å². The Morgan fingerprint density at radius 2 is 1.16 bits per heavy atom. The lowest BCUT2D eigenvalue weighted by molar-refractivity contribution is -0.125. The first-order chi connectivity index (χ1) is 36.5. The van der Waals surface area contributed by atoms with Crippen molar-refractivity contribution in [3.63, 3.8) is 0 Å². The molecule has 76 heavy (non-hydrogen) atoms. The molecule has 0 unspecified atom stereocenters. The highest BCUT2D eigenvalue weighted by molar-refractivity contribution is 7.15. The number of hydrogen-bond donors (Lipinski definition) is 1. The Labute approximate surface area is 452 Å². The van der Waals surface area contributed by atoms with Gasteiger partial charge in [-0.25, -0.2) is 18.4 Å². The highest BCUT2D eigenvalue weighted by Crippen LogP contribution is 2.39. The van der Waals surface area contributed by atoms with E-state index in [4.69, 9.17) is 33.2 Å². The highest BCUT2D eigenvalue weighted by atomic mass is 32.1. The van der Waals surface area contributed by atoms with Crippen molar-refractivity contribution in [3.05, 3.63) is 81.5 Å². The summed E-state index contributed by atoms with van der Waals surface area (Å²) in [5, 5.41) is 11.2. The van der Waals surface area contributed by atoms with Crippen molar-refractivity contribution in [1.82, 2.24) is 4.90 Å². The van der Waals surface area contributed by atoms with Gasteiger partial charge < -0.3 is 48.1 Å². The second-order valence-corrected chi connectivity index (χ2v) is 22.2. The molecule has 3 aliphatic rings. The molecule has 0 radical (unpaired) electrons. The number of amides is 2. The molecule has 7 rings (SSSR count). The topological polar surface area (TPSA) is 180 Å². The number of carboxylic acid groups (broad SMARTS) is 1. The number of halogens is 2. The number of methoxy groups -OCH3 is 5. The van der Waals surface area contributed by atoms with Gasteiger partial charge in [-0.2, -0.15) is 0 Å². The number of ether oxygens (including phenoxy) is 7. The summed E-state index contributed by atoms with van der Waals surface area (Å²) < 4.78 is 66.1. The van der Waals surface area contributed by atoms with Crippen LogP contribution in [0.5, 0.6) is 21.6 Å². The number of esters is 1. The number of carboxylic acids is 1.